The van der Waals surface area contributed by atoms with E-state index in [0.717, 1.165) is 25.1 Å². The van der Waals surface area contributed by atoms with Crippen molar-refractivity contribution >= 4 is 0 Å². The van der Waals surface area contributed by atoms with Crippen LogP contribution >= 0.6 is 0 Å². The molecule has 0 aliphatic carbocycles. The quantitative estimate of drug-likeness (QED) is 0.822. The molecular weight excluding hydrogens is 297 g/mol. The van der Waals surface area contributed by atoms with E-state index in [4.69, 9.17) is 4.74 Å². The molecule has 3 rings (SSSR count). The molecule has 2 N–H and O–H groups in total. The predicted molar refractivity (Wildman–Crippen MR) is 84.2 cm³/mol. The van der Waals surface area contributed by atoms with Crippen molar-refractivity contribution in [2.24, 2.45) is 0 Å². The number of ether oxygens (including phenoxy) is 1. The standard InChI is InChI=1S/C17H22FN3O2/c18-15-5-2-1-4-13(15)11-23-12-14(22)10-21-9-3-6-17(21)16-7-8-19-20-16/h1-2,4-5,7-8,14,17,22H,3,6,9-12H2,(H,19,20)/t14-,17-/m0/s1. The highest BCUT2D eigenvalue weighted by Crippen LogP contribution is 2.30. The molecule has 1 aliphatic heterocycles. The van der Waals surface area contributed by atoms with Gasteiger partial charge in [-0.2, -0.15) is 5.10 Å². The molecule has 1 aliphatic rings. The fourth-order valence-corrected chi connectivity index (χ4v) is 3.09. The van der Waals surface area contributed by atoms with Crippen LogP contribution in [0.1, 0.15) is 30.1 Å². The summed E-state index contributed by atoms with van der Waals surface area (Å²) in [6, 6.07) is 8.78. The van der Waals surface area contributed by atoms with Gasteiger partial charge >= 0.3 is 0 Å². The summed E-state index contributed by atoms with van der Waals surface area (Å²) in [5, 5.41) is 17.2. The third kappa shape index (κ3) is 4.16. The number of aliphatic hydroxyl groups is 1. The highest BCUT2D eigenvalue weighted by Gasteiger charge is 2.28. The highest BCUT2D eigenvalue weighted by molar-refractivity contribution is 5.16. The van der Waals surface area contributed by atoms with Crippen LogP contribution in [0.15, 0.2) is 36.5 Å². The number of β-amino-alcohol motifs (C(OH)–C–C–N with tert-alkyl or cyclic N) is 1. The average molecular weight is 319 g/mol. The Morgan fingerprint density at radius 3 is 3.04 bits per heavy atom. The lowest BCUT2D eigenvalue weighted by atomic mass is 10.1. The van der Waals surface area contributed by atoms with E-state index >= 15 is 0 Å². The number of aromatic nitrogens is 2. The maximum atomic E-state index is 13.5. The van der Waals surface area contributed by atoms with E-state index in [9.17, 15) is 9.50 Å². The van der Waals surface area contributed by atoms with Crippen molar-refractivity contribution in [3.8, 4) is 0 Å². The van der Waals surface area contributed by atoms with Gasteiger partial charge in [-0.1, -0.05) is 18.2 Å². The zero-order valence-corrected chi connectivity index (χ0v) is 13.0. The number of likely N-dealkylation sites (tertiary alicyclic amines) is 1. The van der Waals surface area contributed by atoms with Crippen LogP contribution in [0.5, 0.6) is 0 Å². The van der Waals surface area contributed by atoms with Crippen molar-refractivity contribution in [3.63, 3.8) is 0 Å². The molecule has 2 atom stereocenters. The lowest BCUT2D eigenvalue weighted by Crippen LogP contribution is -2.34. The number of H-pyrrole nitrogens is 1. The smallest absolute Gasteiger partial charge is 0.128 e. The molecule has 0 saturated carbocycles. The lowest BCUT2D eigenvalue weighted by Gasteiger charge is -2.25. The van der Waals surface area contributed by atoms with Crippen LogP contribution in [0.3, 0.4) is 0 Å². The second kappa shape index (κ2) is 7.68. The van der Waals surface area contributed by atoms with E-state index in [-0.39, 0.29) is 25.1 Å². The Hall–Kier alpha value is -1.76. The van der Waals surface area contributed by atoms with E-state index in [0.29, 0.717) is 12.1 Å². The normalized spacial score (nSPS) is 20.0. The van der Waals surface area contributed by atoms with Gasteiger partial charge in [-0.15, -0.1) is 0 Å². The molecule has 0 amide bonds. The Kier molecular flexibility index (Phi) is 5.38. The van der Waals surface area contributed by atoms with Crippen LogP contribution in [0.4, 0.5) is 4.39 Å². The molecule has 0 bridgehead atoms. The molecule has 124 valence electrons. The number of hydrogen-bond donors (Lipinski definition) is 2. The van der Waals surface area contributed by atoms with Gasteiger partial charge < -0.3 is 9.84 Å². The van der Waals surface area contributed by atoms with Gasteiger partial charge in [-0.05, 0) is 31.5 Å². The molecule has 1 aromatic carbocycles. The average Bonchev–Trinajstić information content (AvgIpc) is 3.20. The summed E-state index contributed by atoms with van der Waals surface area (Å²) >= 11 is 0. The second-order valence-corrected chi connectivity index (χ2v) is 5.93. The zero-order valence-electron chi connectivity index (χ0n) is 13.0. The van der Waals surface area contributed by atoms with Crippen LogP contribution in [-0.2, 0) is 11.3 Å². The first-order valence-electron chi connectivity index (χ1n) is 7.96. The summed E-state index contributed by atoms with van der Waals surface area (Å²) in [7, 11) is 0. The zero-order chi connectivity index (χ0) is 16.1. The third-order valence-electron chi connectivity index (χ3n) is 4.22. The summed E-state index contributed by atoms with van der Waals surface area (Å²) in [6.45, 7) is 1.86. The fraction of sp³-hybridized carbons (Fsp3) is 0.471. The van der Waals surface area contributed by atoms with Crippen LogP contribution < -0.4 is 0 Å². The molecular formula is C17H22FN3O2. The summed E-state index contributed by atoms with van der Waals surface area (Å²) in [5.74, 6) is -0.277. The summed E-state index contributed by atoms with van der Waals surface area (Å²) in [4.78, 5) is 2.24. The van der Waals surface area contributed by atoms with Crippen molar-refractivity contribution in [2.75, 3.05) is 19.7 Å². The Labute approximate surface area is 135 Å². The maximum absolute atomic E-state index is 13.5. The molecule has 0 radical (unpaired) electrons. The van der Waals surface area contributed by atoms with Gasteiger partial charge in [0.15, 0.2) is 0 Å². The minimum atomic E-state index is -0.592. The van der Waals surface area contributed by atoms with Crippen LogP contribution in [0, 0.1) is 5.82 Å². The number of rotatable bonds is 7. The van der Waals surface area contributed by atoms with E-state index in [1.807, 2.05) is 6.07 Å². The Morgan fingerprint density at radius 2 is 2.26 bits per heavy atom. The van der Waals surface area contributed by atoms with Crippen LogP contribution in [-0.4, -0.2) is 46.0 Å². The molecule has 1 fully saturated rings. The molecule has 1 saturated heterocycles. The van der Waals surface area contributed by atoms with Crippen molar-refractivity contribution in [2.45, 2.75) is 31.6 Å². The first kappa shape index (κ1) is 16.1. The molecule has 2 aromatic rings. The number of aliphatic hydroxyl groups excluding tert-OH is 1. The Bertz CT molecular complexity index is 606. The monoisotopic (exact) mass is 319 g/mol. The van der Waals surface area contributed by atoms with E-state index in [1.54, 1.807) is 24.4 Å². The maximum Gasteiger partial charge on any atom is 0.128 e. The van der Waals surface area contributed by atoms with Gasteiger partial charge in [0.05, 0.1) is 31.1 Å². The molecule has 0 unspecified atom stereocenters. The molecule has 2 heterocycles. The number of halogens is 1. The molecule has 0 spiro atoms. The van der Waals surface area contributed by atoms with Crippen LogP contribution in [0.25, 0.3) is 0 Å². The molecule has 6 heteroatoms. The number of aromatic amines is 1. The Morgan fingerprint density at radius 1 is 1.39 bits per heavy atom. The topological polar surface area (TPSA) is 61.4 Å². The van der Waals surface area contributed by atoms with Gasteiger partial charge in [0, 0.05) is 18.3 Å². The molecule has 5 nitrogen and oxygen atoms in total. The van der Waals surface area contributed by atoms with Crippen molar-refractivity contribution < 1.29 is 14.2 Å². The van der Waals surface area contributed by atoms with Gasteiger partial charge in [0.25, 0.3) is 0 Å². The number of nitrogens with one attached hydrogen (secondary N) is 1. The molecule has 23 heavy (non-hydrogen) atoms. The SMILES string of the molecule is O[C@H](COCc1ccccc1F)CN1CCC[C@H]1c1ccn[nH]1. The van der Waals surface area contributed by atoms with Crippen LogP contribution in [0.2, 0.25) is 0 Å². The van der Waals surface area contributed by atoms with Crippen molar-refractivity contribution in [1.82, 2.24) is 15.1 Å². The van der Waals surface area contributed by atoms with E-state index in [2.05, 4.69) is 15.1 Å². The third-order valence-corrected chi connectivity index (χ3v) is 4.22. The van der Waals surface area contributed by atoms with Crippen molar-refractivity contribution in [1.29, 1.82) is 0 Å². The number of hydrogen-bond acceptors (Lipinski definition) is 4. The first-order chi connectivity index (χ1) is 11.2. The van der Waals surface area contributed by atoms with E-state index in [1.165, 1.54) is 6.07 Å². The van der Waals surface area contributed by atoms with Gasteiger partial charge in [0.2, 0.25) is 0 Å². The van der Waals surface area contributed by atoms with Crippen molar-refractivity contribution in [3.05, 3.63) is 53.6 Å². The summed E-state index contributed by atoms with van der Waals surface area (Å²) in [6.07, 6.45) is 3.32. The number of nitrogens with zero attached hydrogens (tertiary/aromatic N) is 2. The summed E-state index contributed by atoms with van der Waals surface area (Å²) in [5.41, 5.74) is 1.60. The minimum Gasteiger partial charge on any atom is -0.389 e. The number of benzene rings is 1. The largest absolute Gasteiger partial charge is 0.389 e. The van der Waals surface area contributed by atoms with Gasteiger partial charge in [-0.3, -0.25) is 10.00 Å². The van der Waals surface area contributed by atoms with Gasteiger partial charge in [0.1, 0.15) is 5.82 Å². The van der Waals surface area contributed by atoms with E-state index < -0.39 is 6.10 Å². The lowest BCUT2D eigenvalue weighted by molar-refractivity contribution is 0.00675. The predicted octanol–water partition coefficient (Wildman–Crippen LogP) is 2.26. The first-order valence-corrected chi connectivity index (χ1v) is 7.96. The summed E-state index contributed by atoms with van der Waals surface area (Å²) < 4.78 is 19.0. The molecule has 1 aromatic heterocycles. The fourth-order valence-electron chi connectivity index (χ4n) is 3.09. The minimum absolute atomic E-state index is 0.174. The van der Waals surface area contributed by atoms with Gasteiger partial charge in [-0.25, -0.2) is 4.39 Å². The second-order valence-electron chi connectivity index (χ2n) is 5.93. The highest BCUT2D eigenvalue weighted by atomic mass is 19.1. The Balaban J connectivity index is 1.46.